The van der Waals surface area contributed by atoms with Crippen molar-refractivity contribution < 1.29 is 0 Å². The normalized spacial score (nSPS) is 11.0. The van der Waals surface area contributed by atoms with E-state index >= 15 is 0 Å². The number of hydrogen-bond donors (Lipinski definition) is 2. The quantitative estimate of drug-likeness (QED) is 0.567. The highest BCUT2D eigenvalue weighted by atomic mass is 127. The Labute approximate surface area is 90.7 Å². The first-order valence-corrected chi connectivity index (χ1v) is 5.21. The molecule has 0 unspecified atom stereocenters. The Morgan fingerprint density at radius 3 is 2.69 bits per heavy atom. The minimum absolute atomic E-state index is 0.835. The lowest BCUT2D eigenvalue weighted by molar-refractivity contribution is 1.27. The summed E-state index contributed by atoms with van der Waals surface area (Å²) in [5, 5.41) is 1.23. The van der Waals surface area contributed by atoms with Crippen LogP contribution in [0.2, 0.25) is 0 Å². The number of nitrogens with one attached hydrogen (secondary N) is 1. The number of H-pyrrole nitrogens is 1. The van der Waals surface area contributed by atoms with E-state index in [2.05, 4.69) is 41.4 Å². The number of rotatable bonds is 0. The average molecular weight is 286 g/mol. The van der Waals surface area contributed by atoms with E-state index in [0.717, 1.165) is 5.69 Å². The van der Waals surface area contributed by atoms with Crippen LogP contribution in [-0.4, -0.2) is 4.98 Å². The number of aromatic amines is 1. The van der Waals surface area contributed by atoms with Crippen LogP contribution in [0.1, 0.15) is 11.3 Å². The van der Waals surface area contributed by atoms with Crippen molar-refractivity contribution in [3.8, 4) is 0 Å². The number of nitrogens with two attached hydrogens (primary N) is 1. The number of anilines is 1. The maximum atomic E-state index is 5.79. The van der Waals surface area contributed by atoms with Crippen LogP contribution >= 0.6 is 22.6 Å². The van der Waals surface area contributed by atoms with Crippen molar-refractivity contribution in [1.29, 1.82) is 0 Å². The van der Waals surface area contributed by atoms with Crippen LogP contribution in [0.25, 0.3) is 10.9 Å². The Hall–Kier alpha value is -0.710. The average Bonchev–Trinajstić information content (AvgIpc) is 2.32. The smallest absolute Gasteiger partial charge is 0.0498 e. The Balaban J connectivity index is 2.94. The van der Waals surface area contributed by atoms with Crippen LogP contribution < -0.4 is 5.73 Å². The summed E-state index contributed by atoms with van der Waals surface area (Å²) in [7, 11) is 0. The van der Waals surface area contributed by atoms with Crippen LogP contribution in [0.15, 0.2) is 12.1 Å². The van der Waals surface area contributed by atoms with Gasteiger partial charge in [0.15, 0.2) is 0 Å². The molecule has 1 heterocycles. The van der Waals surface area contributed by atoms with Crippen LogP contribution in [0.4, 0.5) is 5.69 Å². The van der Waals surface area contributed by atoms with Gasteiger partial charge in [-0.3, -0.25) is 0 Å². The molecule has 2 rings (SSSR count). The van der Waals surface area contributed by atoms with Crippen LogP contribution in [0.3, 0.4) is 0 Å². The number of nitrogen functional groups attached to an aromatic ring is 1. The number of hydrogen-bond acceptors (Lipinski definition) is 1. The lowest BCUT2D eigenvalue weighted by atomic mass is 10.1. The third kappa shape index (κ3) is 1.31. The summed E-state index contributed by atoms with van der Waals surface area (Å²) in [5.74, 6) is 0. The molecule has 0 saturated heterocycles. The molecule has 0 saturated carbocycles. The second-order valence-electron chi connectivity index (χ2n) is 3.32. The van der Waals surface area contributed by atoms with E-state index in [4.69, 9.17) is 5.73 Å². The maximum Gasteiger partial charge on any atom is 0.0498 e. The first-order valence-electron chi connectivity index (χ1n) is 4.13. The maximum absolute atomic E-state index is 5.79. The van der Waals surface area contributed by atoms with Gasteiger partial charge in [0.25, 0.3) is 0 Å². The predicted octanol–water partition coefficient (Wildman–Crippen LogP) is 2.97. The summed E-state index contributed by atoms with van der Waals surface area (Å²) >= 11 is 2.34. The van der Waals surface area contributed by atoms with Gasteiger partial charge in [-0.25, -0.2) is 0 Å². The molecule has 0 aliphatic heterocycles. The molecular formula is C10H11IN2. The Kier molecular flexibility index (Phi) is 1.98. The van der Waals surface area contributed by atoms with Gasteiger partial charge in [-0.15, -0.1) is 0 Å². The van der Waals surface area contributed by atoms with Crippen molar-refractivity contribution >= 4 is 39.2 Å². The van der Waals surface area contributed by atoms with Gasteiger partial charge < -0.3 is 10.7 Å². The van der Waals surface area contributed by atoms with Crippen molar-refractivity contribution in [2.24, 2.45) is 0 Å². The molecule has 0 fully saturated rings. The first-order chi connectivity index (χ1) is 6.09. The minimum Gasteiger partial charge on any atom is -0.399 e. The number of benzene rings is 1. The highest BCUT2D eigenvalue weighted by molar-refractivity contribution is 14.1. The summed E-state index contributed by atoms with van der Waals surface area (Å²) in [6.45, 7) is 4.15. The Morgan fingerprint density at radius 2 is 2.00 bits per heavy atom. The highest BCUT2D eigenvalue weighted by Gasteiger charge is 2.07. The summed E-state index contributed by atoms with van der Waals surface area (Å²) in [6, 6.07) is 4.02. The summed E-state index contributed by atoms with van der Waals surface area (Å²) in [6.07, 6.45) is 0. The molecule has 0 atom stereocenters. The zero-order valence-corrected chi connectivity index (χ0v) is 9.77. The molecule has 3 heteroatoms. The van der Waals surface area contributed by atoms with Gasteiger partial charge in [-0.2, -0.15) is 0 Å². The summed E-state index contributed by atoms with van der Waals surface area (Å²) < 4.78 is 1.27. The number of halogens is 1. The van der Waals surface area contributed by atoms with Gasteiger partial charge in [0.1, 0.15) is 0 Å². The van der Waals surface area contributed by atoms with Crippen molar-refractivity contribution in [2.45, 2.75) is 13.8 Å². The molecule has 68 valence electrons. The highest BCUT2D eigenvalue weighted by Crippen LogP contribution is 2.28. The van der Waals surface area contributed by atoms with Crippen molar-refractivity contribution in [1.82, 2.24) is 4.98 Å². The van der Waals surface area contributed by atoms with Crippen LogP contribution in [0, 0.1) is 17.4 Å². The fourth-order valence-corrected chi connectivity index (χ4v) is 2.16. The van der Waals surface area contributed by atoms with Crippen molar-refractivity contribution in [3.05, 3.63) is 27.0 Å². The molecule has 1 aromatic heterocycles. The van der Waals surface area contributed by atoms with Crippen LogP contribution in [0.5, 0.6) is 0 Å². The van der Waals surface area contributed by atoms with Crippen molar-refractivity contribution in [3.63, 3.8) is 0 Å². The molecule has 3 N–H and O–H groups in total. The zero-order valence-electron chi connectivity index (χ0n) is 7.61. The third-order valence-electron chi connectivity index (χ3n) is 2.24. The van der Waals surface area contributed by atoms with E-state index in [-0.39, 0.29) is 0 Å². The van der Waals surface area contributed by atoms with Gasteiger partial charge >= 0.3 is 0 Å². The second-order valence-corrected chi connectivity index (χ2v) is 4.40. The van der Waals surface area contributed by atoms with Gasteiger partial charge in [0, 0.05) is 25.9 Å². The topological polar surface area (TPSA) is 41.8 Å². The lowest BCUT2D eigenvalue weighted by Gasteiger charge is -1.98. The van der Waals surface area contributed by atoms with E-state index < -0.39 is 0 Å². The first kappa shape index (κ1) is 8.87. The molecule has 2 nitrogen and oxygen atoms in total. The molecular weight excluding hydrogens is 275 g/mol. The monoisotopic (exact) mass is 286 g/mol. The molecule has 1 aromatic carbocycles. The molecule has 0 spiro atoms. The molecule has 0 amide bonds. The zero-order chi connectivity index (χ0) is 9.59. The molecule has 2 aromatic rings. The number of fused-ring (bicyclic) bond motifs is 1. The number of aromatic nitrogens is 1. The fraction of sp³-hybridized carbons (Fsp3) is 0.200. The van der Waals surface area contributed by atoms with E-state index in [1.54, 1.807) is 0 Å². The van der Waals surface area contributed by atoms with Crippen LogP contribution in [-0.2, 0) is 0 Å². The summed E-state index contributed by atoms with van der Waals surface area (Å²) in [4.78, 5) is 3.36. The van der Waals surface area contributed by atoms with E-state index in [0.29, 0.717) is 0 Å². The predicted molar refractivity (Wildman–Crippen MR) is 64.9 cm³/mol. The van der Waals surface area contributed by atoms with Gasteiger partial charge in [0.05, 0.1) is 0 Å². The number of aryl methyl sites for hydroxylation is 2. The second kappa shape index (κ2) is 2.90. The Bertz CT molecular complexity index is 471. The largest absolute Gasteiger partial charge is 0.399 e. The van der Waals surface area contributed by atoms with E-state index in [1.165, 1.54) is 25.7 Å². The Morgan fingerprint density at radius 1 is 1.31 bits per heavy atom. The lowest BCUT2D eigenvalue weighted by Crippen LogP contribution is -1.86. The molecule has 0 aliphatic rings. The standard InChI is InChI=1S/C10H11IN2/c1-5-3-7(12)4-8-9(11)6(2)13-10(5)8/h3-4,13H,12H2,1-2H3. The third-order valence-corrected chi connectivity index (χ3v) is 3.63. The summed E-state index contributed by atoms with van der Waals surface area (Å²) in [5.41, 5.74) is 10.2. The molecule has 13 heavy (non-hydrogen) atoms. The van der Waals surface area contributed by atoms with Gasteiger partial charge in [-0.05, 0) is 54.1 Å². The molecule has 0 radical (unpaired) electrons. The van der Waals surface area contributed by atoms with E-state index in [9.17, 15) is 0 Å². The SMILES string of the molecule is Cc1[nH]c2c(C)cc(N)cc2c1I. The van der Waals surface area contributed by atoms with Gasteiger partial charge in [0.2, 0.25) is 0 Å². The minimum atomic E-state index is 0.835. The molecule has 0 bridgehead atoms. The van der Waals surface area contributed by atoms with Crippen molar-refractivity contribution in [2.75, 3.05) is 5.73 Å². The van der Waals surface area contributed by atoms with Gasteiger partial charge in [-0.1, -0.05) is 0 Å². The van der Waals surface area contributed by atoms with E-state index in [1.807, 2.05) is 12.1 Å². The fourth-order valence-electron chi connectivity index (χ4n) is 1.60. The molecule has 0 aliphatic carbocycles.